The molecule has 0 N–H and O–H groups in total. The predicted molar refractivity (Wildman–Crippen MR) is 333 cm³/mol. The second kappa shape index (κ2) is 37.4. The van der Waals surface area contributed by atoms with Crippen molar-refractivity contribution in [2.75, 3.05) is 60.0 Å². The fourth-order valence-electron chi connectivity index (χ4n) is 8.56. The number of benzene rings is 4. The highest BCUT2D eigenvalue weighted by Gasteiger charge is 2.30. The molecule has 1 unspecified atom stereocenters. The zero-order valence-electron chi connectivity index (χ0n) is 53.2. The molecule has 0 aromatic heterocycles. The molecule has 0 aliphatic heterocycles. The predicted octanol–water partition coefficient (Wildman–Crippen LogP) is 12.6. The first kappa shape index (κ1) is 73.0. The van der Waals surface area contributed by atoms with Crippen molar-refractivity contribution in [2.24, 2.45) is 21.7 Å². The highest BCUT2D eigenvalue weighted by atomic mass is 16.7. The minimum absolute atomic E-state index is 0.0250. The van der Waals surface area contributed by atoms with Crippen LogP contribution in [-0.4, -0.2) is 108 Å². The number of esters is 7. The van der Waals surface area contributed by atoms with Crippen LogP contribution < -0.4 is 0 Å². The van der Waals surface area contributed by atoms with E-state index in [0.717, 1.165) is 0 Å². The summed E-state index contributed by atoms with van der Waals surface area (Å²) in [5.74, 6) is -3.73. The molecule has 1 atom stereocenters. The molecule has 0 fully saturated rings. The zero-order valence-corrected chi connectivity index (χ0v) is 53.2. The van der Waals surface area contributed by atoms with Crippen LogP contribution in [0.3, 0.4) is 0 Å². The largest absolute Gasteiger partial charge is 0.465 e. The van der Waals surface area contributed by atoms with Crippen LogP contribution in [0.25, 0.3) is 11.1 Å². The molecule has 89 heavy (non-hydrogen) atoms. The van der Waals surface area contributed by atoms with Crippen LogP contribution in [0.2, 0.25) is 0 Å². The van der Waals surface area contributed by atoms with Crippen LogP contribution in [0.5, 0.6) is 0 Å². The first-order valence-corrected chi connectivity index (χ1v) is 30.1. The highest BCUT2D eigenvalue weighted by molar-refractivity contribution is 6.06. The maximum atomic E-state index is 13.3. The molecule has 4 rings (SSSR count). The van der Waals surface area contributed by atoms with Crippen molar-refractivity contribution in [3.8, 4) is 12.1 Å². The number of nitriles is 2. The van der Waals surface area contributed by atoms with E-state index in [1.165, 1.54) is 7.11 Å². The number of methoxy groups -OCH3 is 1. The number of unbranched alkanes of at least 4 members (excludes halogenated alkanes) is 3. The van der Waals surface area contributed by atoms with E-state index in [1.807, 2.05) is 161 Å². The van der Waals surface area contributed by atoms with Gasteiger partial charge in [-0.15, -0.1) is 0 Å². The standard InChI is InChI=1S/C71H88N2O16/c1-68(2,44-82-58(74)36-22-24-38-60(76)85-47-70(5,6)50-88-66(79)56(42-72)64(52-28-14-10-15-29-52)53-30-16-11-17-31-53)45-83-62(78)40-26-27-41-63(81-9)87-49-69(3,4)46-84-59(75)37-23-25-39-61(77)86-48-71(7,8)51-89-67(80)57(43-73)65(54-32-18-12-19-33-54)55-34-20-13-21-35-55/h10-21,28-35,63H,22-27,36-41,44-51H2,1-9H3. The minimum atomic E-state index is -0.784. The first-order valence-electron chi connectivity index (χ1n) is 30.1. The molecular weight excluding hydrogens is 1140 g/mol. The van der Waals surface area contributed by atoms with Crippen LogP contribution in [-0.2, 0) is 76.2 Å². The van der Waals surface area contributed by atoms with Gasteiger partial charge in [-0.1, -0.05) is 177 Å². The monoisotopic (exact) mass is 1220 g/mol. The number of carbonyl (C=O) groups is 7. The van der Waals surface area contributed by atoms with Gasteiger partial charge in [-0.3, -0.25) is 24.0 Å². The number of hydrogen-bond donors (Lipinski definition) is 0. The lowest BCUT2D eigenvalue weighted by Crippen LogP contribution is -2.30. The SMILES string of the molecule is COC(CCCCC(=O)OCC(C)(C)COC(=O)CCCCC(=O)OCC(C)(C)COC(=O)C(C#N)=C(c1ccccc1)c1ccccc1)OCC(C)(C)COC(=O)CCCCC(=O)OCC(C)(C)COC(=O)C(C#N)=C(c1ccccc1)c1ccccc1. The van der Waals surface area contributed by atoms with Crippen molar-refractivity contribution in [3.05, 3.63) is 155 Å². The number of carbonyl (C=O) groups excluding carboxylic acids is 7. The molecule has 0 saturated heterocycles. The second-order valence-corrected chi connectivity index (χ2v) is 24.9. The molecule has 18 nitrogen and oxygen atoms in total. The van der Waals surface area contributed by atoms with Crippen molar-refractivity contribution in [1.82, 2.24) is 0 Å². The summed E-state index contributed by atoms with van der Waals surface area (Å²) in [6, 6.07) is 40.6. The van der Waals surface area contributed by atoms with Crippen molar-refractivity contribution >= 4 is 52.9 Å². The maximum Gasteiger partial charge on any atom is 0.349 e. The Morgan fingerprint density at radius 3 is 0.843 bits per heavy atom. The second-order valence-electron chi connectivity index (χ2n) is 24.9. The fourth-order valence-corrected chi connectivity index (χ4v) is 8.56. The third kappa shape index (κ3) is 28.1. The van der Waals surface area contributed by atoms with Crippen molar-refractivity contribution in [2.45, 2.75) is 139 Å². The van der Waals surface area contributed by atoms with E-state index in [9.17, 15) is 44.1 Å². The quantitative estimate of drug-likeness (QED) is 0.0101. The summed E-state index contributed by atoms with van der Waals surface area (Å²) in [5, 5.41) is 20.1. The van der Waals surface area contributed by atoms with E-state index < -0.39 is 63.8 Å². The van der Waals surface area contributed by atoms with Crippen molar-refractivity contribution in [3.63, 3.8) is 0 Å². The van der Waals surface area contributed by atoms with Gasteiger partial charge in [0.2, 0.25) is 0 Å². The van der Waals surface area contributed by atoms with E-state index in [-0.39, 0.29) is 102 Å². The third-order valence-electron chi connectivity index (χ3n) is 13.7. The van der Waals surface area contributed by atoms with Crippen LogP contribution in [0.15, 0.2) is 132 Å². The van der Waals surface area contributed by atoms with Gasteiger partial charge in [-0.05, 0) is 67.2 Å². The zero-order chi connectivity index (χ0) is 65.3. The molecule has 0 saturated carbocycles. The normalized spacial score (nSPS) is 11.8. The van der Waals surface area contributed by atoms with Gasteiger partial charge in [-0.2, -0.15) is 10.5 Å². The molecule has 0 aliphatic rings. The van der Waals surface area contributed by atoms with Gasteiger partial charge >= 0.3 is 41.8 Å². The number of nitrogens with zero attached hydrogens (tertiary/aromatic N) is 2. The van der Waals surface area contributed by atoms with Gasteiger partial charge in [0.15, 0.2) is 6.29 Å². The van der Waals surface area contributed by atoms with Crippen LogP contribution in [0.4, 0.5) is 0 Å². The first-order chi connectivity index (χ1) is 42.4. The summed E-state index contributed by atoms with van der Waals surface area (Å²) in [5.41, 5.74) is 0.727. The van der Waals surface area contributed by atoms with Crippen LogP contribution in [0.1, 0.15) is 155 Å². The Labute approximate surface area is 524 Å². The fraction of sp³-hybridized carbons (Fsp3) is 0.479. The Kier molecular flexibility index (Phi) is 30.7. The lowest BCUT2D eigenvalue weighted by molar-refractivity contribution is -0.162. The Bertz CT molecular complexity index is 2980. The summed E-state index contributed by atoms with van der Waals surface area (Å²) >= 11 is 0. The van der Waals surface area contributed by atoms with E-state index in [0.29, 0.717) is 78.3 Å². The lowest BCUT2D eigenvalue weighted by Gasteiger charge is -2.27. The molecule has 0 bridgehead atoms. The maximum absolute atomic E-state index is 13.3. The number of rotatable bonds is 39. The average molecular weight is 1230 g/mol. The summed E-state index contributed by atoms with van der Waals surface area (Å²) in [7, 11) is 1.53. The molecule has 4 aromatic rings. The van der Waals surface area contributed by atoms with Gasteiger partial charge in [0, 0.05) is 72.0 Å². The van der Waals surface area contributed by atoms with Crippen molar-refractivity contribution in [1.29, 1.82) is 10.5 Å². The molecule has 478 valence electrons. The summed E-state index contributed by atoms with van der Waals surface area (Å²) in [4.78, 5) is 89.6. The number of ether oxygens (including phenoxy) is 9. The Balaban J connectivity index is 1.01. The Morgan fingerprint density at radius 2 is 0.596 bits per heavy atom. The van der Waals surface area contributed by atoms with E-state index in [2.05, 4.69) is 0 Å². The molecule has 18 heteroatoms. The van der Waals surface area contributed by atoms with E-state index in [1.54, 1.807) is 27.7 Å². The third-order valence-corrected chi connectivity index (χ3v) is 13.7. The van der Waals surface area contributed by atoms with Gasteiger partial charge in [-0.25, -0.2) is 9.59 Å². The molecule has 0 radical (unpaired) electrons. The smallest absolute Gasteiger partial charge is 0.349 e. The molecule has 0 heterocycles. The van der Waals surface area contributed by atoms with Crippen LogP contribution >= 0.6 is 0 Å². The lowest BCUT2D eigenvalue weighted by atomic mass is 9.93. The minimum Gasteiger partial charge on any atom is -0.465 e. The number of hydrogen-bond acceptors (Lipinski definition) is 18. The summed E-state index contributed by atoms with van der Waals surface area (Å²) < 4.78 is 50.2. The van der Waals surface area contributed by atoms with Gasteiger partial charge in [0.25, 0.3) is 0 Å². The molecular formula is C71H88N2O16. The van der Waals surface area contributed by atoms with Gasteiger partial charge in [0.1, 0.15) is 36.5 Å². The molecule has 4 aromatic carbocycles. The Morgan fingerprint density at radius 1 is 0.360 bits per heavy atom. The Hall–Kier alpha value is -8.45. The van der Waals surface area contributed by atoms with Crippen molar-refractivity contribution < 1.29 is 76.2 Å². The highest BCUT2D eigenvalue weighted by Crippen LogP contribution is 2.31. The molecule has 0 aliphatic carbocycles. The molecule has 0 amide bonds. The summed E-state index contributed by atoms with van der Waals surface area (Å²) in [6.45, 7) is 14.7. The summed E-state index contributed by atoms with van der Waals surface area (Å²) in [6.07, 6.45) is 3.19. The van der Waals surface area contributed by atoms with E-state index >= 15 is 0 Å². The molecule has 0 spiro atoms. The average Bonchev–Trinajstić information content (AvgIpc) is 1.38. The van der Waals surface area contributed by atoms with Gasteiger partial charge < -0.3 is 42.6 Å². The topological polar surface area (TPSA) is 250 Å². The van der Waals surface area contributed by atoms with Gasteiger partial charge in [0.05, 0.1) is 39.6 Å². The van der Waals surface area contributed by atoms with E-state index in [4.69, 9.17) is 42.6 Å². The van der Waals surface area contributed by atoms with Crippen LogP contribution in [0, 0.1) is 44.3 Å².